The number of rotatable bonds is 5. The highest BCUT2D eigenvalue weighted by molar-refractivity contribution is 4.91. The highest BCUT2D eigenvalue weighted by Gasteiger charge is 2.20. The first-order valence-electron chi connectivity index (χ1n) is 6.98. The Hall–Kier alpha value is -0.870. The lowest BCUT2D eigenvalue weighted by Gasteiger charge is -2.33. The van der Waals surface area contributed by atoms with E-state index in [9.17, 15) is 0 Å². The van der Waals surface area contributed by atoms with Crippen LogP contribution in [0.4, 0.5) is 0 Å². The molecule has 4 heteroatoms. The lowest BCUT2D eigenvalue weighted by Crippen LogP contribution is -2.36. The van der Waals surface area contributed by atoms with Gasteiger partial charge >= 0.3 is 0 Å². The summed E-state index contributed by atoms with van der Waals surface area (Å²) in [6, 6.07) is 0. The standard InChI is InChI=1S/C14H26N4/c1-16(2)9-6-13-5-4-8-18(11-13)12-14-15-7-10-17(14)3/h7,10,13H,4-6,8-9,11-12H2,1-3H3/t13-/m1/s1. The summed E-state index contributed by atoms with van der Waals surface area (Å²) >= 11 is 0. The second-order valence-electron chi connectivity index (χ2n) is 5.79. The van der Waals surface area contributed by atoms with Crippen molar-refractivity contribution in [1.29, 1.82) is 0 Å². The average Bonchev–Trinajstić information content (AvgIpc) is 2.73. The molecule has 0 saturated carbocycles. The smallest absolute Gasteiger partial charge is 0.122 e. The Morgan fingerprint density at radius 2 is 2.28 bits per heavy atom. The molecule has 0 amide bonds. The Labute approximate surface area is 111 Å². The van der Waals surface area contributed by atoms with Gasteiger partial charge in [-0.1, -0.05) is 0 Å². The van der Waals surface area contributed by atoms with Gasteiger partial charge in [0, 0.05) is 26.0 Å². The van der Waals surface area contributed by atoms with Crippen LogP contribution in [0.2, 0.25) is 0 Å². The van der Waals surface area contributed by atoms with Gasteiger partial charge in [0.1, 0.15) is 5.82 Å². The maximum Gasteiger partial charge on any atom is 0.122 e. The van der Waals surface area contributed by atoms with Crippen LogP contribution in [0.3, 0.4) is 0 Å². The monoisotopic (exact) mass is 250 g/mol. The van der Waals surface area contributed by atoms with Crippen molar-refractivity contribution >= 4 is 0 Å². The Morgan fingerprint density at radius 1 is 1.44 bits per heavy atom. The second-order valence-corrected chi connectivity index (χ2v) is 5.79. The van der Waals surface area contributed by atoms with Crippen molar-refractivity contribution in [1.82, 2.24) is 19.4 Å². The largest absolute Gasteiger partial charge is 0.337 e. The van der Waals surface area contributed by atoms with Gasteiger partial charge in [0.15, 0.2) is 0 Å². The van der Waals surface area contributed by atoms with Crippen LogP contribution in [0, 0.1) is 5.92 Å². The van der Waals surface area contributed by atoms with Gasteiger partial charge < -0.3 is 9.47 Å². The molecule has 0 bridgehead atoms. The van der Waals surface area contributed by atoms with Gasteiger partial charge in [-0.2, -0.15) is 0 Å². The molecule has 0 radical (unpaired) electrons. The molecule has 0 spiro atoms. The number of aryl methyl sites for hydroxylation is 1. The zero-order chi connectivity index (χ0) is 13.0. The van der Waals surface area contributed by atoms with Crippen LogP contribution in [0.1, 0.15) is 25.1 Å². The molecule has 1 aromatic rings. The van der Waals surface area contributed by atoms with E-state index in [1.54, 1.807) is 0 Å². The average molecular weight is 250 g/mol. The molecule has 2 rings (SSSR count). The van der Waals surface area contributed by atoms with Gasteiger partial charge in [0.05, 0.1) is 6.54 Å². The number of likely N-dealkylation sites (tertiary alicyclic amines) is 1. The highest BCUT2D eigenvalue weighted by atomic mass is 15.2. The predicted molar refractivity (Wildman–Crippen MR) is 74.4 cm³/mol. The third-order valence-electron chi connectivity index (χ3n) is 3.87. The van der Waals surface area contributed by atoms with E-state index in [0.29, 0.717) is 0 Å². The van der Waals surface area contributed by atoms with Gasteiger partial charge in [-0.05, 0) is 52.4 Å². The molecule has 18 heavy (non-hydrogen) atoms. The summed E-state index contributed by atoms with van der Waals surface area (Å²) in [5.74, 6) is 2.05. The summed E-state index contributed by atoms with van der Waals surface area (Å²) in [5.41, 5.74) is 0. The third-order valence-corrected chi connectivity index (χ3v) is 3.87. The van der Waals surface area contributed by atoms with E-state index in [1.807, 2.05) is 12.4 Å². The first kappa shape index (κ1) is 13.6. The lowest BCUT2D eigenvalue weighted by molar-refractivity contribution is 0.150. The molecule has 0 N–H and O–H groups in total. The van der Waals surface area contributed by atoms with Crippen molar-refractivity contribution in [2.75, 3.05) is 33.7 Å². The molecule has 1 atom stereocenters. The first-order valence-corrected chi connectivity index (χ1v) is 6.98. The number of imidazole rings is 1. The minimum Gasteiger partial charge on any atom is -0.337 e. The molecule has 4 nitrogen and oxygen atoms in total. The maximum atomic E-state index is 4.42. The zero-order valence-corrected chi connectivity index (χ0v) is 12.0. The first-order chi connectivity index (χ1) is 8.65. The van der Waals surface area contributed by atoms with E-state index in [0.717, 1.165) is 12.5 Å². The number of nitrogens with zero attached hydrogens (tertiary/aromatic N) is 4. The van der Waals surface area contributed by atoms with Crippen LogP contribution in [0.5, 0.6) is 0 Å². The quantitative estimate of drug-likeness (QED) is 0.793. The summed E-state index contributed by atoms with van der Waals surface area (Å²) in [6.45, 7) is 4.68. The van der Waals surface area contributed by atoms with Crippen LogP contribution in [0.25, 0.3) is 0 Å². The predicted octanol–water partition coefficient (Wildman–Crippen LogP) is 1.58. The molecular weight excluding hydrogens is 224 g/mol. The van der Waals surface area contributed by atoms with E-state index in [1.165, 1.54) is 44.7 Å². The fourth-order valence-electron chi connectivity index (χ4n) is 2.72. The Bertz CT molecular complexity index is 358. The van der Waals surface area contributed by atoms with Crippen molar-refractivity contribution in [2.45, 2.75) is 25.8 Å². The number of aromatic nitrogens is 2. The fraction of sp³-hybridized carbons (Fsp3) is 0.786. The van der Waals surface area contributed by atoms with Crippen LogP contribution in [-0.2, 0) is 13.6 Å². The minimum atomic E-state index is 0.862. The summed E-state index contributed by atoms with van der Waals surface area (Å²) in [6.07, 6.45) is 7.98. The SMILES string of the molecule is CN(C)CC[C@H]1CCCN(Cc2nccn2C)C1. The topological polar surface area (TPSA) is 24.3 Å². The van der Waals surface area contributed by atoms with Crippen molar-refractivity contribution in [2.24, 2.45) is 13.0 Å². The second kappa shape index (κ2) is 6.34. The van der Waals surface area contributed by atoms with E-state index in [4.69, 9.17) is 0 Å². The van der Waals surface area contributed by atoms with Crippen molar-refractivity contribution < 1.29 is 0 Å². The zero-order valence-electron chi connectivity index (χ0n) is 12.0. The summed E-state index contributed by atoms with van der Waals surface area (Å²) < 4.78 is 2.13. The van der Waals surface area contributed by atoms with Gasteiger partial charge in [-0.15, -0.1) is 0 Å². The molecular formula is C14H26N4. The molecule has 2 heterocycles. The third kappa shape index (κ3) is 3.82. The number of hydrogen-bond acceptors (Lipinski definition) is 3. The maximum absolute atomic E-state index is 4.42. The fourth-order valence-corrected chi connectivity index (χ4v) is 2.72. The Kier molecular flexibility index (Phi) is 4.78. The van der Waals surface area contributed by atoms with E-state index in [-0.39, 0.29) is 0 Å². The summed E-state index contributed by atoms with van der Waals surface area (Å²) in [7, 11) is 6.40. The van der Waals surface area contributed by atoms with Crippen LogP contribution in [-0.4, -0.2) is 53.1 Å². The Morgan fingerprint density at radius 3 is 2.94 bits per heavy atom. The van der Waals surface area contributed by atoms with Crippen molar-refractivity contribution in [3.63, 3.8) is 0 Å². The molecule has 1 aromatic heterocycles. The van der Waals surface area contributed by atoms with Gasteiger partial charge in [0.2, 0.25) is 0 Å². The van der Waals surface area contributed by atoms with E-state index >= 15 is 0 Å². The summed E-state index contributed by atoms with van der Waals surface area (Å²) in [5, 5.41) is 0. The molecule has 0 unspecified atom stereocenters. The molecule has 0 aliphatic carbocycles. The lowest BCUT2D eigenvalue weighted by atomic mass is 9.94. The van der Waals surface area contributed by atoms with Crippen LogP contribution < -0.4 is 0 Å². The highest BCUT2D eigenvalue weighted by Crippen LogP contribution is 2.20. The normalized spacial score (nSPS) is 21.7. The van der Waals surface area contributed by atoms with E-state index in [2.05, 4.69) is 40.5 Å². The molecule has 1 fully saturated rings. The minimum absolute atomic E-state index is 0.862. The van der Waals surface area contributed by atoms with Crippen LogP contribution >= 0.6 is 0 Å². The molecule has 0 aromatic carbocycles. The molecule has 1 aliphatic rings. The van der Waals surface area contributed by atoms with Gasteiger partial charge in [-0.25, -0.2) is 4.98 Å². The Balaban J connectivity index is 1.81. The summed E-state index contributed by atoms with van der Waals surface area (Å²) in [4.78, 5) is 9.27. The van der Waals surface area contributed by atoms with Crippen molar-refractivity contribution in [3.05, 3.63) is 18.2 Å². The molecule has 1 aliphatic heterocycles. The van der Waals surface area contributed by atoms with Gasteiger partial charge in [0.25, 0.3) is 0 Å². The van der Waals surface area contributed by atoms with Gasteiger partial charge in [-0.3, -0.25) is 4.90 Å². The van der Waals surface area contributed by atoms with Crippen molar-refractivity contribution in [3.8, 4) is 0 Å². The number of piperidine rings is 1. The van der Waals surface area contributed by atoms with Crippen LogP contribution in [0.15, 0.2) is 12.4 Å². The molecule has 102 valence electrons. The number of hydrogen-bond donors (Lipinski definition) is 0. The molecule has 1 saturated heterocycles. The van der Waals surface area contributed by atoms with E-state index < -0.39 is 0 Å².